The Bertz CT molecular complexity index is 414. The van der Waals surface area contributed by atoms with Crippen LogP contribution in [0.4, 0.5) is 0 Å². The summed E-state index contributed by atoms with van der Waals surface area (Å²) in [6.07, 6.45) is 0. The molecule has 1 saturated heterocycles. The first-order valence-corrected chi connectivity index (χ1v) is 8.47. The average Bonchev–Trinajstić information content (AvgIpc) is 2.33. The van der Waals surface area contributed by atoms with Gasteiger partial charge in [0.25, 0.3) is 0 Å². The van der Waals surface area contributed by atoms with Crippen molar-refractivity contribution in [3.63, 3.8) is 0 Å². The third-order valence-electron chi connectivity index (χ3n) is 3.70. The minimum absolute atomic E-state index is 0.0741. The van der Waals surface area contributed by atoms with E-state index in [4.69, 9.17) is 4.74 Å². The van der Waals surface area contributed by atoms with Gasteiger partial charge in [0.15, 0.2) is 0 Å². The van der Waals surface area contributed by atoms with Gasteiger partial charge >= 0.3 is 0 Å². The van der Waals surface area contributed by atoms with Crippen molar-refractivity contribution in [3.8, 4) is 0 Å². The highest BCUT2D eigenvalue weighted by atomic mass is 79.9. The van der Waals surface area contributed by atoms with Crippen molar-refractivity contribution in [2.45, 2.75) is 44.8 Å². The molecule has 0 bridgehead atoms. The van der Waals surface area contributed by atoms with Crippen LogP contribution in [0.5, 0.6) is 0 Å². The summed E-state index contributed by atoms with van der Waals surface area (Å²) in [7, 11) is 0. The van der Waals surface area contributed by atoms with Gasteiger partial charge in [0.05, 0.1) is 11.2 Å². The molecule has 0 N–H and O–H groups in total. The Balaban J connectivity index is 2.08. The number of halogens is 1. The lowest BCUT2D eigenvalue weighted by atomic mass is 9.95. The second-order valence-electron chi connectivity index (χ2n) is 7.05. The van der Waals surface area contributed by atoms with E-state index >= 15 is 0 Å². The van der Waals surface area contributed by atoms with Gasteiger partial charge in [-0.15, -0.1) is 0 Å². The summed E-state index contributed by atoms with van der Waals surface area (Å²) in [5, 5.41) is 0.995. The van der Waals surface area contributed by atoms with Gasteiger partial charge in [-0.25, -0.2) is 0 Å². The second kappa shape index (κ2) is 6.17. The first-order valence-electron chi connectivity index (χ1n) is 7.35. The molecular weight excluding hydrogens is 314 g/mol. The maximum atomic E-state index is 6.16. The van der Waals surface area contributed by atoms with Gasteiger partial charge in [0, 0.05) is 30.9 Å². The minimum Gasteiger partial charge on any atom is -0.367 e. The fourth-order valence-electron chi connectivity index (χ4n) is 3.35. The van der Waals surface area contributed by atoms with Crippen LogP contribution >= 0.6 is 15.9 Å². The molecule has 1 fully saturated rings. The molecule has 2 rings (SSSR count). The number of ether oxygens (including phenoxy) is 1. The molecule has 1 aliphatic heterocycles. The molecule has 1 unspecified atom stereocenters. The molecule has 0 spiro atoms. The summed E-state index contributed by atoms with van der Waals surface area (Å²) in [6.45, 7) is 11.8. The predicted molar refractivity (Wildman–Crippen MR) is 88.7 cm³/mol. The van der Waals surface area contributed by atoms with E-state index in [0.717, 1.165) is 25.0 Å². The Morgan fingerprint density at radius 1 is 1.10 bits per heavy atom. The summed E-state index contributed by atoms with van der Waals surface area (Å²) in [6, 6.07) is 10.8. The van der Waals surface area contributed by atoms with Crippen molar-refractivity contribution < 1.29 is 4.74 Å². The van der Waals surface area contributed by atoms with Crippen LogP contribution in [0.25, 0.3) is 0 Å². The predicted octanol–water partition coefficient (Wildman–Crippen LogP) is 4.05. The Morgan fingerprint density at radius 3 is 2.15 bits per heavy atom. The quantitative estimate of drug-likeness (QED) is 0.767. The summed E-state index contributed by atoms with van der Waals surface area (Å²) >= 11 is 3.68. The number of hydrogen-bond donors (Lipinski definition) is 0. The molecule has 20 heavy (non-hydrogen) atoms. The van der Waals surface area contributed by atoms with Crippen LogP contribution in [-0.2, 0) is 4.74 Å². The van der Waals surface area contributed by atoms with Crippen LogP contribution in [0, 0.1) is 0 Å². The van der Waals surface area contributed by atoms with Crippen LogP contribution in [0.3, 0.4) is 0 Å². The Kier molecular flexibility index (Phi) is 4.93. The van der Waals surface area contributed by atoms with Gasteiger partial charge in [-0.1, -0.05) is 46.3 Å². The van der Waals surface area contributed by atoms with E-state index in [1.807, 2.05) is 0 Å². The lowest BCUT2D eigenvalue weighted by molar-refractivity contribution is -0.180. The van der Waals surface area contributed by atoms with Gasteiger partial charge < -0.3 is 4.74 Å². The Hall–Kier alpha value is -0.380. The number of nitrogens with zero attached hydrogens (tertiary/aromatic N) is 1. The van der Waals surface area contributed by atoms with E-state index < -0.39 is 0 Å². The Morgan fingerprint density at radius 2 is 1.65 bits per heavy atom. The molecule has 0 radical (unpaired) electrons. The fourth-order valence-corrected chi connectivity index (χ4v) is 3.93. The van der Waals surface area contributed by atoms with Crippen molar-refractivity contribution in [2.75, 3.05) is 25.0 Å². The van der Waals surface area contributed by atoms with E-state index in [-0.39, 0.29) is 11.2 Å². The maximum Gasteiger partial charge on any atom is 0.0760 e. The van der Waals surface area contributed by atoms with E-state index in [1.165, 1.54) is 5.56 Å². The smallest absolute Gasteiger partial charge is 0.0760 e. The summed E-state index contributed by atoms with van der Waals surface area (Å²) < 4.78 is 6.16. The van der Waals surface area contributed by atoms with Crippen molar-refractivity contribution in [3.05, 3.63) is 35.9 Å². The van der Waals surface area contributed by atoms with E-state index in [2.05, 4.69) is 78.9 Å². The SMILES string of the molecule is CC1(C)CN(CC(CBr)c2ccccc2)CC(C)(C)O1. The number of hydrogen-bond acceptors (Lipinski definition) is 2. The van der Waals surface area contributed by atoms with Crippen LogP contribution in [0.2, 0.25) is 0 Å². The largest absolute Gasteiger partial charge is 0.367 e. The maximum absolute atomic E-state index is 6.16. The number of morpholine rings is 1. The third-order valence-corrected chi connectivity index (χ3v) is 4.48. The molecule has 1 aromatic rings. The van der Waals surface area contributed by atoms with Crippen molar-refractivity contribution in [2.24, 2.45) is 0 Å². The molecule has 0 aliphatic carbocycles. The molecule has 0 saturated carbocycles. The third kappa shape index (κ3) is 4.31. The van der Waals surface area contributed by atoms with Crippen LogP contribution in [0.1, 0.15) is 39.2 Å². The Labute approximate surface area is 131 Å². The molecule has 1 atom stereocenters. The summed E-state index contributed by atoms with van der Waals surface area (Å²) in [5.74, 6) is 0.529. The molecule has 2 nitrogen and oxygen atoms in total. The molecular formula is C17H26BrNO. The van der Waals surface area contributed by atoms with Crippen molar-refractivity contribution >= 4 is 15.9 Å². The van der Waals surface area contributed by atoms with Gasteiger partial charge in [-0.3, -0.25) is 4.90 Å². The zero-order valence-corrected chi connectivity index (χ0v) is 14.6. The molecule has 0 amide bonds. The van der Waals surface area contributed by atoms with Gasteiger partial charge in [0.2, 0.25) is 0 Å². The van der Waals surface area contributed by atoms with Gasteiger partial charge in [-0.2, -0.15) is 0 Å². The molecule has 1 heterocycles. The normalized spacial score (nSPS) is 23.4. The molecule has 1 aromatic carbocycles. The second-order valence-corrected chi connectivity index (χ2v) is 7.70. The minimum atomic E-state index is -0.0741. The first kappa shape index (κ1) is 16.0. The molecule has 0 aromatic heterocycles. The highest BCUT2D eigenvalue weighted by molar-refractivity contribution is 9.09. The molecule has 112 valence electrons. The lowest BCUT2D eigenvalue weighted by Gasteiger charge is -2.48. The average molecular weight is 340 g/mol. The topological polar surface area (TPSA) is 12.5 Å². The number of benzene rings is 1. The highest BCUT2D eigenvalue weighted by Gasteiger charge is 2.38. The number of alkyl halides is 1. The van der Waals surface area contributed by atoms with Crippen LogP contribution in [-0.4, -0.2) is 41.1 Å². The standard InChI is InChI=1S/C17H26BrNO/c1-16(2)12-19(13-17(3,4)20-16)11-15(10-18)14-8-6-5-7-9-14/h5-9,15H,10-13H2,1-4H3. The van der Waals surface area contributed by atoms with Gasteiger partial charge in [-0.05, 0) is 33.3 Å². The highest BCUT2D eigenvalue weighted by Crippen LogP contribution is 2.30. The zero-order chi connectivity index (χ0) is 14.8. The van der Waals surface area contributed by atoms with E-state index in [0.29, 0.717) is 5.92 Å². The van der Waals surface area contributed by atoms with E-state index in [1.54, 1.807) is 0 Å². The molecule has 3 heteroatoms. The fraction of sp³-hybridized carbons (Fsp3) is 0.647. The van der Waals surface area contributed by atoms with Crippen molar-refractivity contribution in [1.82, 2.24) is 4.90 Å². The molecule has 1 aliphatic rings. The van der Waals surface area contributed by atoms with E-state index in [9.17, 15) is 0 Å². The van der Waals surface area contributed by atoms with Crippen molar-refractivity contribution in [1.29, 1.82) is 0 Å². The number of rotatable bonds is 4. The monoisotopic (exact) mass is 339 g/mol. The van der Waals surface area contributed by atoms with Crippen LogP contribution < -0.4 is 0 Å². The van der Waals surface area contributed by atoms with Crippen LogP contribution in [0.15, 0.2) is 30.3 Å². The first-order chi connectivity index (χ1) is 9.31. The zero-order valence-electron chi connectivity index (χ0n) is 13.0. The lowest BCUT2D eigenvalue weighted by Crippen LogP contribution is -2.57. The summed E-state index contributed by atoms with van der Waals surface area (Å²) in [4.78, 5) is 2.54. The van der Waals surface area contributed by atoms with Gasteiger partial charge in [0.1, 0.15) is 0 Å². The summed E-state index contributed by atoms with van der Waals surface area (Å²) in [5.41, 5.74) is 1.26.